The van der Waals surface area contributed by atoms with E-state index in [9.17, 15) is 4.79 Å². The van der Waals surface area contributed by atoms with Gasteiger partial charge in [-0.3, -0.25) is 0 Å². The maximum Gasteiger partial charge on any atom is 0.335 e. The number of carboxylic acids is 1. The summed E-state index contributed by atoms with van der Waals surface area (Å²) >= 11 is 0. The van der Waals surface area contributed by atoms with Crippen LogP contribution in [0.1, 0.15) is 10.4 Å². The van der Waals surface area contributed by atoms with Crippen LogP contribution in [0.5, 0.6) is 0 Å². The normalized spacial score (nSPS) is 11.1. The average Bonchev–Trinajstić information content (AvgIpc) is 3.17. The Labute approximate surface area is 161 Å². The molecule has 0 fully saturated rings. The highest BCUT2D eigenvalue weighted by Crippen LogP contribution is 2.31. The molecule has 5 aromatic rings. The van der Waals surface area contributed by atoms with Crippen molar-refractivity contribution < 1.29 is 9.90 Å². The highest BCUT2D eigenvalue weighted by molar-refractivity contribution is 5.98. The van der Waals surface area contributed by atoms with Crippen LogP contribution in [-0.4, -0.2) is 21.0 Å². The zero-order chi connectivity index (χ0) is 19.1. The van der Waals surface area contributed by atoms with Gasteiger partial charge in [-0.2, -0.15) is 0 Å². The highest BCUT2D eigenvalue weighted by atomic mass is 16.4. The molecule has 4 aromatic carbocycles. The van der Waals surface area contributed by atoms with Crippen LogP contribution in [0, 0.1) is 0 Å². The number of aromatic amines is 1. The van der Waals surface area contributed by atoms with Gasteiger partial charge in [0.15, 0.2) is 0 Å². The lowest BCUT2D eigenvalue weighted by atomic mass is 9.97. The van der Waals surface area contributed by atoms with E-state index in [2.05, 4.69) is 35.3 Å². The zero-order valence-electron chi connectivity index (χ0n) is 14.9. The van der Waals surface area contributed by atoms with E-state index >= 15 is 0 Å². The van der Waals surface area contributed by atoms with Gasteiger partial charge in [0.1, 0.15) is 5.82 Å². The fourth-order valence-electron chi connectivity index (χ4n) is 3.56. The van der Waals surface area contributed by atoms with Crippen molar-refractivity contribution in [2.45, 2.75) is 0 Å². The Balaban J connectivity index is 1.61. The molecule has 0 aliphatic heterocycles. The molecule has 134 valence electrons. The molecule has 0 atom stereocenters. The molecule has 0 saturated carbocycles. The molecule has 0 unspecified atom stereocenters. The van der Waals surface area contributed by atoms with E-state index in [1.807, 2.05) is 42.5 Å². The fourth-order valence-corrected chi connectivity index (χ4v) is 3.56. The third kappa shape index (κ3) is 2.72. The quantitative estimate of drug-likeness (QED) is 0.428. The number of rotatable bonds is 3. The Hall–Kier alpha value is -3.92. The van der Waals surface area contributed by atoms with Crippen molar-refractivity contribution in [2.75, 3.05) is 0 Å². The highest BCUT2D eigenvalue weighted by Gasteiger charge is 2.10. The number of hydrogen-bond acceptors (Lipinski definition) is 2. The topological polar surface area (TPSA) is 66.0 Å². The predicted octanol–water partition coefficient (Wildman–Crippen LogP) is 5.75. The van der Waals surface area contributed by atoms with E-state index in [1.165, 1.54) is 0 Å². The number of benzene rings is 4. The van der Waals surface area contributed by atoms with Gasteiger partial charge in [0.25, 0.3) is 0 Å². The summed E-state index contributed by atoms with van der Waals surface area (Å²) in [6.07, 6.45) is 0. The molecule has 4 nitrogen and oxygen atoms in total. The number of H-pyrrole nitrogens is 1. The first-order valence-corrected chi connectivity index (χ1v) is 9.01. The summed E-state index contributed by atoms with van der Waals surface area (Å²) in [4.78, 5) is 19.2. The van der Waals surface area contributed by atoms with Gasteiger partial charge in [-0.05, 0) is 52.2 Å². The summed E-state index contributed by atoms with van der Waals surface area (Å²) in [5.41, 5.74) is 5.35. The molecule has 0 aliphatic rings. The molecule has 4 heteroatoms. The SMILES string of the molecule is O=C(O)c1ccc(-c2ccc3c(-c4nc5ccccc5[nH]4)cccc3c2)cc1. The van der Waals surface area contributed by atoms with Crippen molar-refractivity contribution in [3.8, 4) is 22.5 Å². The maximum atomic E-state index is 11.1. The fraction of sp³-hybridized carbons (Fsp3) is 0. The molecule has 0 amide bonds. The van der Waals surface area contributed by atoms with Crippen LogP contribution in [0.4, 0.5) is 0 Å². The van der Waals surface area contributed by atoms with Crippen molar-refractivity contribution in [3.05, 3.63) is 90.5 Å². The Morgan fingerprint density at radius 3 is 2.39 bits per heavy atom. The molecule has 28 heavy (non-hydrogen) atoms. The number of aromatic carboxylic acids is 1. The van der Waals surface area contributed by atoms with Crippen molar-refractivity contribution in [1.29, 1.82) is 0 Å². The second-order valence-electron chi connectivity index (χ2n) is 6.73. The summed E-state index contributed by atoms with van der Waals surface area (Å²) in [7, 11) is 0. The van der Waals surface area contributed by atoms with Gasteiger partial charge in [-0.1, -0.05) is 54.6 Å². The van der Waals surface area contributed by atoms with Gasteiger partial charge in [-0.15, -0.1) is 0 Å². The smallest absolute Gasteiger partial charge is 0.335 e. The minimum Gasteiger partial charge on any atom is -0.478 e. The zero-order valence-corrected chi connectivity index (χ0v) is 14.9. The number of nitrogens with zero attached hydrogens (tertiary/aromatic N) is 1. The summed E-state index contributed by atoms with van der Waals surface area (Å²) < 4.78 is 0. The number of hydrogen-bond donors (Lipinski definition) is 2. The van der Waals surface area contributed by atoms with Gasteiger partial charge in [0.2, 0.25) is 0 Å². The second-order valence-corrected chi connectivity index (χ2v) is 6.73. The molecular weight excluding hydrogens is 348 g/mol. The van der Waals surface area contributed by atoms with Crippen molar-refractivity contribution in [1.82, 2.24) is 9.97 Å². The molecule has 5 rings (SSSR count). The lowest BCUT2D eigenvalue weighted by Crippen LogP contribution is -1.94. The maximum absolute atomic E-state index is 11.1. The van der Waals surface area contributed by atoms with E-state index in [4.69, 9.17) is 10.1 Å². The first-order valence-electron chi connectivity index (χ1n) is 9.01. The number of fused-ring (bicyclic) bond motifs is 2. The lowest BCUT2D eigenvalue weighted by Gasteiger charge is -2.08. The van der Waals surface area contributed by atoms with E-state index in [1.54, 1.807) is 12.1 Å². The Bertz CT molecular complexity index is 1300. The number of nitrogens with one attached hydrogen (secondary N) is 1. The largest absolute Gasteiger partial charge is 0.478 e. The molecule has 2 N–H and O–H groups in total. The number of carboxylic acid groups (broad SMARTS) is 1. The van der Waals surface area contributed by atoms with Crippen LogP contribution in [0.2, 0.25) is 0 Å². The first-order chi connectivity index (χ1) is 13.7. The average molecular weight is 364 g/mol. The Morgan fingerprint density at radius 1 is 0.821 bits per heavy atom. The van der Waals surface area contributed by atoms with Crippen LogP contribution >= 0.6 is 0 Å². The lowest BCUT2D eigenvalue weighted by molar-refractivity contribution is 0.0697. The predicted molar refractivity (Wildman–Crippen MR) is 111 cm³/mol. The van der Waals surface area contributed by atoms with Gasteiger partial charge >= 0.3 is 5.97 Å². The summed E-state index contributed by atoms with van der Waals surface area (Å²) in [6, 6.07) is 27.4. The molecule has 1 aromatic heterocycles. The van der Waals surface area contributed by atoms with Crippen LogP contribution in [-0.2, 0) is 0 Å². The minimum atomic E-state index is -0.916. The first kappa shape index (κ1) is 16.3. The third-order valence-electron chi connectivity index (χ3n) is 4.99. The Morgan fingerprint density at radius 2 is 1.61 bits per heavy atom. The monoisotopic (exact) mass is 364 g/mol. The molecular formula is C24H16N2O2. The standard InChI is InChI=1S/C24H16N2O2/c27-24(28)16-10-8-15(9-11-16)17-12-13-19-18(14-17)4-3-5-20(19)23-25-21-6-1-2-7-22(21)26-23/h1-14H,(H,25,26)(H,27,28). The molecule has 1 heterocycles. The van der Waals surface area contributed by atoms with Gasteiger partial charge in [0.05, 0.1) is 16.6 Å². The van der Waals surface area contributed by atoms with Gasteiger partial charge in [0, 0.05) is 5.56 Å². The number of para-hydroxylation sites is 2. The molecule has 0 bridgehead atoms. The Kier molecular flexibility index (Phi) is 3.69. The van der Waals surface area contributed by atoms with Crippen molar-refractivity contribution in [2.24, 2.45) is 0 Å². The van der Waals surface area contributed by atoms with E-state index < -0.39 is 5.97 Å². The summed E-state index contributed by atoms with van der Waals surface area (Å²) in [6.45, 7) is 0. The van der Waals surface area contributed by atoms with Crippen LogP contribution in [0.3, 0.4) is 0 Å². The number of imidazole rings is 1. The number of carbonyl (C=O) groups is 1. The third-order valence-corrected chi connectivity index (χ3v) is 4.99. The summed E-state index contributed by atoms with van der Waals surface area (Å²) in [5, 5.41) is 11.3. The van der Waals surface area contributed by atoms with E-state index in [0.717, 1.165) is 44.3 Å². The minimum absolute atomic E-state index is 0.289. The van der Waals surface area contributed by atoms with Crippen LogP contribution in [0.25, 0.3) is 44.3 Å². The molecule has 0 aliphatic carbocycles. The van der Waals surface area contributed by atoms with Crippen LogP contribution in [0.15, 0.2) is 84.9 Å². The van der Waals surface area contributed by atoms with Crippen molar-refractivity contribution >= 4 is 27.8 Å². The van der Waals surface area contributed by atoms with E-state index in [-0.39, 0.29) is 5.56 Å². The second kappa shape index (κ2) is 6.35. The van der Waals surface area contributed by atoms with Crippen molar-refractivity contribution in [3.63, 3.8) is 0 Å². The van der Waals surface area contributed by atoms with Crippen LogP contribution < -0.4 is 0 Å². The molecule has 0 spiro atoms. The van der Waals surface area contributed by atoms with Gasteiger partial charge in [-0.25, -0.2) is 9.78 Å². The number of aromatic nitrogens is 2. The summed E-state index contributed by atoms with van der Waals surface area (Å²) in [5.74, 6) is -0.0640. The van der Waals surface area contributed by atoms with E-state index in [0.29, 0.717) is 0 Å². The van der Waals surface area contributed by atoms with Gasteiger partial charge < -0.3 is 10.1 Å². The molecule has 0 saturated heterocycles. The molecule has 0 radical (unpaired) electrons.